The van der Waals surface area contributed by atoms with Crippen LogP contribution in [0.4, 0.5) is 4.39 Å². The quantitative estimate of drug-likeness (QED) is 0.393. The maximum absolute atomic E-state index is 12.7. The van der Waals surface area contributed by atoms with Gasteiger partial charge in [-0.25, -0.2) is 4.39 Å². The van der Waals surface area contributed by atoms with Gasteiger partial charge in [-0.1, -0.05) is 0 Å². The fourth-order valence-corrected chi connectivity index (χ4v) is 3.04. The Morgan fingerprint density at radius 2 is 1.90 bits per heavy atom. The van der Waals surface area contributed by atoms with Crippen LogP contribution in [0.5, 0.6) is 0 Å². The van der Waals surface area contributed by atoms with Crippen LogP contribution in [0.15, 0.2) is 34.2 Å². The molecule has 0 unspecified atom stereocenters. The fourth-order valence-electron chi connectivity index (χ4n) is 2.20. The monoisotopic (exact) mass is 295 g/mol. The van der Waals surface area contributed by atoms with Crippen molar-refractivity contribution in [1.29, 1.82) is 0 Å². The smallest absolute Gasteiger partial charge is 0.191 e. The van der Waals surface area contributed by atoms with Gasteiger partial charge in [-0.15, -0.1) is 11.8 Å². The maximum atomic E-state index is 12.7. The molecule has 5 heteroatoms. The second kappa shape index (κ2) is 8.15. The third-order valence-corrected chi connectivity index (χ3v) is 4.44. The van der Waals surface area contributed by atoms with Crippen molar-refractivity contribution in [2.75, 3.05) is 25.4 Å². The molecule has 1 fully saturated rings. The third kappa shape index (κ3) is 5.04. The first-order valence-electron chi connectivity index (χ1n) is 7.19. The van der Waals surface area contributed by atoms with Gasteiger partial charge < -0.3 is 10.6 Å². The molecule has 0 aromatic heterocycles. The first kappa shape index (κ1) is 15.2. The van der Waals surface area contributed by atoms with Crippen LogP contribution in [0.3, 0.4) is 0 Å². The number of aliphatic imine (C=N–C) groups is 1. The lowest BCUT2D eigenvalue weighted by molar-refractivity contribution is 0.338. The standard InChI is InChI=1S/C15H22FN3S/c16-13-5-7-14(8-6-13)20-12-4-9-18-15(17)19-10-2-1-3-11-19/h5-8H,1-4,9-12H2,(H2,17,18). The average Bonchev–Trinajstić information content (AvgIpc) is 2.49. The van der Waals surface area contributed by atoms with Crippen molar-refractivity contribution in [2.24, 2.45) is 10.7 Å². The zero-order chi connectivity index (χ0) is 14.2. The van der Waals surface area contributed by atoms with Gasteiger partial charge in [-0.2, -0.15) is 0 Å². The number of nitrogens with two attached hydrogens (primary N) is 1. The summed E-state index contributed by atoms with van der Waals surface area (Å²) in [4.78, 5) is 7.71. The largest absolute Gasteiger partial charge is 0.370 e. The lowest BCUT2D eigenvalue weighted by Gasteiger charge is -2.27. The normalized spacial score (nSPS) is 16.4. The molecule has 1 aliphatic heterocycles. The molecular formula is C15H22FN3S. The minimum atomic E-state index is -0.187. The summed E-state index contributed by atoms with van der Waals surface area (Å²) in [6.45, 7) is 2.84. The Morgan fingerprint density at radius 1 is 1.20 bits per heavy atom. The molecule has 0 atom stereocenters. The Balaban J connectivity index is 1.64. The van der Waals surface area contributed by atoms with Crippen LogP contribution in [0.1, 0.15) is 25.7 Å². The SMILES string of the molecule is NC(=NCCCSc1ccc(F)cc1)N1CCCCC1. The van der Waals surface area contributed by atoms with Crippen molar-refractivity contribution in [2.45, 2.75) is 30.6 Å². The lowest BCUT2D eigenvalue weighted by Crippen LogP contribution is -2.40. The second-order valence-electron chi connectivity index (χ2n) is 4.94. The topological polar surface area (TPSA) is 41.6 Å². The molecule has 0 bridgehead atoms. The molecule has 1 saturated heterocycles. The van der Waals surface area contributed by atoms with Crippen LogP contribution in [0, 0.1) is 5.82 Å². The van der Waals surface area contributed by atoms with Gasteiger partial charge in [-0.05, 0) is 55.7 Å². The number of hydrogen-bond acceptors (Lipinski definition) is 2. The van der Waals surface area contributed by atoms with E-state index >= 15 is 0 Å². The Kier molecular flexibility index (Phi) is 6.18. The van der Waals surface area contributed by atoms with Crippen molar-refractivity contribution in [3.05, 3.63) is 30.1 Å². The van der Waals surface area contributed by atoms with Gasteiger partial charge in [0.15, 0.2) is 5.96 Å². The van der Waals surface area contributed by atoms with E-state index in [9.17, 15) is 4.39 Å². The fraction of sp³-hybridized carbons (Fsp3) is 0.533. The molecule has 0 radical (unpaired) electrons. The average molecular weight is 295 g/mol. The van der Waals surface area contributed by atoms with Crippen molar-refractivity contribution in [1.82, 2.24) is 4.90 Å². The molecule has 0 aliphatic carbocycles. The van der Waals surface area contributed by atoms with Crippen LogP contribution in [0.25, 0.3) is 0 Å². The van der Waals surface area contributed by atoms with Gasteiger partial charge in [0.25, 0.3) is 0 Å². The van der Waals surface area contributed by atoms with Gasteiger partial charge in [-0.3, -0.25) is 4.99 Å². The van der Waals surface area contributed by atoms with E-state index in [2.05, 4.69) is 9.89 Å². The molecule has 0 amide bonds. The predicted molar refractivity (Wildman–Crippen MR) is 83.7 cm³/mol. The minimum absolute atomic E-state index is 0.187. The van der Waals surface area contributed by atoms with Crippen LogP contribution in [0.2, 0.25) is 0 Å². The van der Waals surface area contributed by atoms with E-state index in [1.807, 2.05) is 12.1 Å². The number of thioether (sulfide) groups is 1. The highest BCUT2D eigenvalue weighted by Gasteiger charge is 2.11. The molecule has 1 heterocycles. The van der Waals surface area contributed by atoms with Crippen molar-refractivity contribution in [3.63, 3.8) is 0 Å². The van der Waals surface area contributed by atoms with Crippen LogP contribution in [-0.2, 0) is 0 Å². The van der Waals surface area contributed by atoms with E-state index in [1.165, 1.54) is 31.4 Å². The molecule has 1 aromatic carbocycles. The zero-order valence-electron chi connectivity index (χ0n) is 11.7. The third-order valence-electron chi connectivity index (χ3n) is 3.34. The molecule has 3 nitrogen and oxygen atoms in total. The Morgan fingerprint density at radius 3 is 2.60 bits per heavy atom. The highest BCUT2D eigenvalue weighted by Crippen LogP contribution is 2.18. The van der Waals surface area contributed by atoms with Crippen molar-refractivity contribution in [3.8, 4) is 0 Å². The molecule has 2 rings (SSSR count). The van der Waals surface area contributed by atoms with Crippen molar-refractivity contribution >= 4 is 17.7 Å². The predicted octanol–water partition coefficient (Wildman–Crippen LogP) is 3.11. The van der Waals surface area contributed by atoms with E-state index < -0.39 is 0 Å². The molecule has 0 saturated carbocycles. The van der Waals surface area contributed by atoms with E-state index in [0.29, 0.717) is 5.96 Å². The Bertz CT molecular complexity index is 427. The lowest BCUT2D eigenvalue weighted by atomic mass is 10.1. The number of rotatable bonds is 5. The molecule has 1 aromatic rings. The number of piperidine rings is 1. The second-order valence-corrected chi connectivity index (χ2v) is 6.11. The molecule has 110 valence electrons. The van der Waals surface area contributed by atoms with Crippen LogP contribution in [-0.4, -0.2) is 36.2 Å². The number of nitrogens with zero attached hydrogens (tertiary/aromatic N) is 2. The molecule has 0 spiro atoms. The van der Waals surface area contributed by atoms with E-state index in [4.69, 9.17) is 5.73 Å². The van der Waals surface area contributed by atoms with Crippen molar-refractivity contribution < 1.29 is 4.39 Å². The van der Waals surface area contributed by atoms with Gasteiger partial charge in [0, 0.05) is 24.5 Å². The number of guanidine groups is 1. The van der Waals surface area contributed by atoms with Gasteiger partial charge in [0.05, 0.1) is 0 Å². The summed E-state index contributed by atoms with van der Waals surface area (Å²) in [5, 5.41) is 0. The highest BCUT2D eigenvalue weighted by molar-refractivity contribution is 7.99. The van der Waals surface area contributed by atoms with Gasteiger partial charge in [0.2, 0.25) is 0 Å². The van der Waals surface area contributed by atoms with E-state index in [0.717, 1.165) is 36.7 Å². The summed E-state index contributed by atoms with van der Waals surface area (Å²) in [7, 11) is 0. The van der Waals surface area contributed by atoms with E-state index in [-0.39, 0.29) is 5.82 Å². The molecule has 1 aliphatic rings. The number of halogens is 1. The summed E-state index contributed by atoms with van der Waals surface area (Å²) < 4.78 is 12.7. The number of benzene rings is 1. The Labute approximate surface area is 124 Å². The van der Waals surface area contributed by atoms with Gasteiger partial charge >= 0.3 is 0 Å². The highest BCUT2D eigenvalue weighted by atomic mass is 32.2. The molecule has 2 N–H and O–H groups in total. The van der Waals surface area contributed by atoms with E-state index in [1.54, 1.807) is 11.8 Å². The summed E-state index contributed by atoms with van der Waals surface area (Å²) in [6, 6.07) is 6.61. The first-order chi connectivity index (χ1) is 9.75. The summed E-state index contributed by atoms with van der Waals surface area (Å²) >= 11 is 1.73. The maximum Gasteiger partial charge on any atom is 0.191 e. The molecular weight excluding hydrogens is 273 g/mol. The summed E-state index contributed by atoms with van der Waals surface area (Å²) in [5.74, 6) is 1.48. The Hall–Kier alpha value is -1.23. The molecule has 20 heavy (non-hydrogen) atoms. The van der Waals surface area contributed by atoms with Gasteiger partial charge in [0.1, 0.15) is 5.82 Å². The number of likely N-dealkylation sites (tertiary alicyclic amines) is 1. The first-order valence-corrected chi connectivity index (χ1v) is 8.17. The summed E-state index contributed by atoms with van der Waals surface area (Å²) in [5.41, 5.74) is 5.99. The van der Waals surface area contributed by atoms with Crippen LogP contribution < -0.4 is 5.73 Å². The zero-order valence-corrected chi connectivity index (χ0v) is 12.5. The van der Waals surface area contributed by atoms with Crippen LogP contribution >= 0.6 is 11.8 Å². The minimum Gasteiger partial charge on any atom is -0.370 e. The number of hydrogen-bond donors (Lipinski definition) is 1. The summed E-state index contributed by atoms with van der Waals surface area (Å²) in [6.07, 6.45) is 4.72.